The molecule has 4 unspecified atom stereocenters. The van der Waals surface area contributed by atoms with Crippen molar-refractivity contribution in [2.75, 3.05) is 32.3 Å². The third-order valence-corrected chi connectivity index (χ3v) is 10.5. The number of carboxylic acid groups (broad SMARTS) is 1. The molecule has 2 N–H and O–H groups in total. The molecule has 284 valence electrons. The Balaban J connectivity index is 0.000000643. The van der Waals surface area contributed by atoms with Gasteiger partial charge in [0.25, 0.3) is 5.91 Å². The summed E-state index contributed by atoms with van der Waals surface area (Å²) in [5, 5.41) is 12.3. The van der Waals surface area contributed by atoms with E-state index in [-0.39, 0.29) is 5.91 Å². The highest BCUT2D eigenvalue weighted by atomic mass is 32.2. The van der Waals surface area contributed by atoms with E-state index in [1.54, 1.807) is 18.9 Å². The normalized spacial score (nSPS) is 18.7. The number of rotatable bonds is 14. The van der Waals surface area contributed by atoms with E-state index in [2.05, 4.69) is 50.9 Å². The third-order valence-electron chi connectivity index (χ3n) is 9.83. The van der Waals surface area contributed by atoms with Gasteiger partial charge in [-0.25, -0.2) is 4.79 Å². The van der Waals surface area contributed by atoms with Crippen LogP contribution in [-0.2, 0) is 16.1 Å². The second-order valence-electron chi connectivity index (χ2n) is 14.3. The quantitative estimate of drug-likeness (QED) is 0.203. The molecule has 1 amide bonds. The van der Waals surface area contributed by atoms with Gasteiger partial charge in [0.05, 0.1) is 6.61 Å². The highest BCUT2D eigenvalue weighted by Crippen LogP contribution is 2.31. The number of amides is 1. The molecule has 4 rings (SSSR count). The molecular formula is C43H72N2O4S. The molecule has 1 heterocycles. The largest absolute Gasteiger partial charge is 0.480 e. The van der Waals surface area contributed by atoms with Crippen LogP contribution in [0.25, 0.3) is 11.1 Å². The van der Waals surface area contributed by atoms with Crippen molar-refractivity contribution in [2.45, 2.75) is 138 Å². The van der Waals surface area contributed by atoms with Gasteiger partial charge >= 0.3 is 5.97 Å². The zero-order valence-corrected chi connectivity index (χ0v) is 34.2. The maximum Gasteiger partial charge on any atom is 0.326 e. The Kier molecular flexibility index (Phi) is 24.1. The van der Waals surface area contributed by atoms with Crippen molar-refractivity contribution in [3.63, 3.8) is 0 Å². The third kappa shape index (κ3) is 16.8. The lowest BCUT2D eigenvalue weighted by Crippen LogP contribution is -2.41. The number of benzene rings is 2. The Morgan fingerprint density at radius 2 is 1.68 bits per heavy atom. The SMILES string of the molecule is CC.CC1CCCCC1.CCCC(C)CC.COCC1CC(C)CN1Cc1ccc(C(=O)NC(CCSC)C(=O)O)c(-c2ccccc2C)c1. The Morgan fingerprint density at radius 1 is 1.00 bits per heavy atom. The fraction of sp³-hybridized carbons (Fsp3) is 0.674. The smallest absolute Gasteiger partial charge is 0.326 e. The number of carbonyl (C=O) groups excluding carboxylic acids is 1. The predicted octanol–water partition coefficient (Wildman–Crippen LogP) is 10.9. The van der Waals surface area contributed by atoms with E-state index in [9.17, 15) is 14.7 Å². The molecule has 1 saturated heterocycles. The standard InChI is InChI=1S/C27H36N2O4S.C7H14.C7H16.C2H6/c1-18-13-21(17-33-3)29(15-18)16-20-9-10-23(24(14-20)22-8-6-5-7-19(22)2)26(30)28-25(27(31)32)11-12-34-4;1-7-5-3-2-4-6-7;1-4-6-7(3)5-2;1-2/h5-10,14,18,21,25H,11-13,15-17H2,1-4H3,(H,28,30)(H,31,32);7H,2-6H2,1H3;7H,4-6H2,1-3H3;1-2H3. The van der Waals surface area contributed by atoms with Crippen LogP contribution in [-0.4, -0.2) is 66.2 Å². The van der Waals surface area contributed by atoms with Crippen molar-refractivity contribution in [2.24, 2.45) is 17.8 Å². The number of nitrogens with zero attached hydrogens (tertiary/aromatic N) is 1. The summed E-state index contributed by atoms with van der Waals surface area (Å²) in [6, 6.07) is 13.4. The summed E-state index contributed by atoms with van der Waals surface area (Å²) in [5.41, 5.74) is 4.50. The van der Waals surface area contributed by atoms with Crippen LogP contribution in [0, 0.1) is 24.7 Å². The monoisotopic (exact) mass is 713 g/mol. The van der Waals surface area contributed by atoms with Gasteiger partial charge in [0.2, 0.25) is 0 Å². The van der Waals surface area contributed by atoms with Crippen LogP contribution in [0.15, 0.2) is 42.5 Å². The molecule has 0 aromatic heterocycles. The maximum atomic E-state index is 13.3. The Labute approximate surface area is 310 Å². The van der Waals surface area contributed by atoms with Crippen molar-refractivity contribution < 1.29 is 19.4 Å². The molecule has 1 aliphatic carbocycles. The van der Waals surface area contributed by atoms with Gasteiger partial charge in [-0.1, -0.05) is 130 Å². The number of aryl methyl sites for hydroxylation is 1. The number of carboxylic acids is 1. The van der Waals surface area contributed by atoms with Crippen LogP contribution in [0.2, 0.25) is 0 Å². The maximum absolute atomic E-state index is 13.3. The first kappa shape index (κ1) is 45.7. The van der Waals surface area contributed by atoms with Gasteiger partial charge in [0.15, 0.2) is 0 Å². The van der Waals surface area contributed by atoms with Crippen molar-refractivity contribution >= 4 is 23.6 Å². The number of likely N-dealkylation sites (tertiary alicyclic amines) is 1. The minimum Gasteiger partial charge on any atom is -0.480 e. The first-order valence-corrected chi connectivity index (χ1v) is 20.9. The first-order chi connectivity index (χ1) is 24.0. The molecule has 0 radical (unpaired) electrons. The van der Waals surface area contributed by atoms with E-state index in [0.29, 0.717) is 36.3 Å². The summed E-state index contributed by atoms with van der Waals surface area (Å²) in [7, 11) is 1.74. The van der Waals surface area contributed by atoms with E-state index >= 15 is 0 Å². The molecule has 4 atom stereocenters. The zero-order valence-electron chi connectivity index (χ0n) is 33.4. The molecule has 1 saturated carbocycles. The molecule has 0 bridgehead atoms. The topological polar surface area (TPSA) is 78.9 Å². The highest BCUT2D eigenvalue weighted by molar-refractivity contribution is 7.98. The number of thioether (sulfide) groups is 1. The molecule has 0 spiro atoms. The molecule has 2 aromatic rings. The van der Waals surface area contributed by atoms with E-state index < -0.39 is 12.0 Å². The number of aliphatic carboxylic acids is 1. The molecule has 6 nitrogen and oxygen atoms in total. The Morgan fingerprint density at radius 3 is 2.20 bits per heavy atom. The second-order valence-corrected chi connectivity index (χ2v) is 15.3. The van der Waals surface area contributed by atoms with Gasteiger partial charge in [-0.3, -0.25) is 9.69 Å². The van der Waals surface area contributed by atoms with Crippen LogP contribution < -0.4 is 5.32 Å². The Bertz CT molecular complexity index is 1210. The molecule has 2 fully saturated rings. The molecule has 1 aliphatic heterocycles. The predicted molar refractivity (Wildman–Crippen MR) is 216 cm³/mol. The number of ether oxygens (including phenoxy) is 1. The number of nitrogens with one attached hydrogen (secondary N) is 1. The van der Waals surface area contributed by atoms with Crippen molar-refractivity contribution in [1.82, 2.24) is 10.2 Å². The number of hydrogen-bond donors (Lipinski definition) is 2. The van der Waals surface area contributed by atoms with Gasteiger partial charge in [0, 0.05) is 31.8 Å². The van der Waals surface area contributed by atoms with Gasteiger partial charge in [-0.2, -0.15) is 11.8 Å². The molecule has 2 aliphatic rings. The van der Waals surface area contributed by atoms with E-state index in [4.69, 9.17) is 4.74 Å². The van der Waals surface area contributed by atoms with Crippen LogP contribution >= 0.6 is 11.8 Å². The zero-order chi connectivity index (χ0) is 37.5. The number of methoxy groups -OCH3 is 1. The lowest BCUT2D eigenvalue weighted by atomic mass is 9.91. The van der Waals surface area contributed by atoms with Gasteiger partial charge in [-0.15, -0.1) is 0 Å². The van der Waals surface area contributed by atoms with E-state index in [0.717, 1.165) is 53.6 Å². The average molecular weight is 713 g/mol. The summed E-state index contributed by atoms with van der Waals surface area (Å²) in [6.07, 6.45) is 14.9. The van der Waals surface area contributed by atoms with Crippen molar-refractivity contribution in [1.29, 1.82) is 0 Å². The van der Waals surface area contributed by atoms with E-state index in [1.807, 2.05) is 63.4 Å². The van der Waals surface area contributed by atoms with E-state index in [1.165, 1.54) is 51.4 Å². The van der Waals surface area contributed by atoms with Crippen LogP contribution in [0.5, 0.6) is 0 Å². The first-order valence-electron chi connectivity index (χ1n) is 19.5. The van der Waals surface area contributed by atoms with Gasteiger partial charge in [-0.05, 0) is 83.9 Å². The van der Waals surface area contributed by atoms with Gasteiger partial charge < -0.3 is 15.2 Å². The van der Waals surface area contributed by atoms with Crippen molar-refractivity contribution in [3.8, 4) is 11.1 Å². The minimum atomic E-state index is -1.01. The minimum absolute atomic E-state index is 0.356. The molecule has 50 heavy (non-hydrogen) atoms. The molecule has 2 aromatic carbocycles. The summed E-state index contributed by atoms with van der Waals surface area (Å²) in [4.78, 5) is 27.4. The summed E-state index contributed by atoms with van der Waals surface area (Å²) in [5.74, 6) is 1.90. The summed E-state index contributed by atoms with van der Waals surface area (Å²) >= 11 is 1.56. The fourth-order valence-electron chi connectivity index (χ4n) is 6.75. The lowest BCUT2D eigenvalue weighted by molar-refractivity contribution is -0.139. The highest BCUT2D eigenvalue weighted by Gasteiger charge is 2.30. The lowest BCUT2D eigenvalue weighted by Gasteiger charge is -2.24. The fourth-order valence-corrected chi connectivity index (χ4v) is 7.22. The van der Waals surface area contributed by atoms with Crippen LogP contribution in [0.1, 0.15) is 134 Å². The second kappa shape index (κ2) is 26.4. The van der Waals surface area contributed by atoms with Gasteiger partial charge in [0.1, 0.15) is 6.04 Å². The summed E-state index contributed by atoms with van der Waals surface area (Å²) < 4.78 is 5.44. The Hall–Kier alpha value is -2.35. The summed E-state index contributed by atoms with van der Waals surface area (Å²) in [6.45, 7) is 20.0. The van der Waals surface area contributed by atoms with Crippen molar-refractivity contribution in [3.05, 3.63) is 59.2 Å². The van der Waals surface area contributed by atoms with Crippen LogP contribution in [0.4, 0.5) is 0 Å². The number of hydrogen-bond acceptors (Lipinski definition) is 5. The average Bonchev–Trinajstić information content (AvgIpc) is 3.46. The molecule has 7 heteroatoms. The molecular weight excluding hydrogens is 641 g/mol. The van der Waals surface area contributed by atoms with Crippen LogP contribution in [0.3, 0.4) is 0 Å². The number of carbonyl (C=O) groups is 2.